The molecule has 25 heavy (non-hydrogen) atoms. The number of benzene rings is 1. The van der Waals surface area contributed by atoms with Gasteiger partial charge in [0.15, 0.2) is 0 Å². The molecule has 1 aliphatic heterocycles. The smallest absolute Gasteiger partial charge is 0.243 e. The first kappa shape index (κ1) is 18.9. The molecule has 0 spiro atoms. The lowest BCUT2D eigenvalue weighted by Crippen LogP contribution is -2.40. The number of ether oxygens (including phenoxy) is 2. The van der Waals surface area contributed by atoms with Crippen LogP contribution in [0.15, 0.2) is 23.1 Å². The van der Waals surface area contributed by atoms with E-state index >= 15 is 0 Å². The van der Waals surface area contributed by atoms with Gasteiger partial charge in [0.2, 0.25) is 10.0 Å². The summed E-state index contributed by atoms with van der Waals surface area (Å²) in [5.41, 5.74) is 0. The number of rotatable bonds is 8. The molecule has 7 nitrogen and oxygen atoms in total. The molecular formula is C16H23ClN2O5S. The number of nitrogens with one attached hydrogen (secondary N) is 1. The minimum Gasteiger partial charge on any atom is -0.489 e. The van der Waals surface area contributed by atoms with Crippen molar-refractivity contribution in [3.05, 3.63) is 23.2 Å². The van der Waals surface area contributed by atoms with Gasteiger partial charge in [0.25, 0.3) is 0 Å². The molecular weight excluding hydrogens is 368 g/mol. The largest absolute Gasteiger partial charge is 0.489 e. The van der Waals surface area contributed by atoms with Crippen molar-refractivity contribution in [2.45, 2.75) is 29.9 Å². The number of aliphatic hydroxyl groups excluding tert-OH is 1. The van der Waals surface area contributed by atoms with Crippen LogP contribution in [0.3, 0.4) is 0 Å². The van der Waals surface area contributed by atoms with Crippen LogP contribution in [-0.2, 0) is 14.8 Å². The molecule has 0 bridgehead atoms. The highest BCUT2D eigenvalue weighted by atomic mass is 35.5. The molecule has 1 unspecified atom stereocenters. The summed E-state index contributed by atoms with van der Waals surface area (Å²) in [6.45, 7) is 2.00. The second-order valence-corrected chi connectivity index (χ2v) is 8.60. The van der Waals surface area contributed by atoms with Crippen molar-refractivity contribution in [1.29, 1.82) is 0 Å². The Morgan fingerprint density at radius 2 is 2.08 bits per heavy atom. The van der Waals surface area contributed by atoms with Crippen LogP contribution >= 0.6 is 11.6 Å². The molecule has 1 heterocycles. The molecule has 2 aliphatic rings. The fraction of sp³-hybridized carbons (Fsp3) is 0.625. The van der Waals surface area contributed by atoms with Crippen LogP contribution in [-0.4, -0.2) is 69.4 Å². The van der Waals surface area contributed by atoms with Crippen LogP contribution in [0.1, 0.15) is 12.8 Å². The first-order valence-electron chi connectivity index (χ1n) is 8.38. The number of aliphatic hydroxyl groups is 1. The third-order valence-corrected chi connectivity index (χ3v) is 6.35. The number of hydrogen-bond donors (Lipinski definition) is 2. The van der Waals surface area contributed by atoms with E-state index in [9.17, 15) is 13.5 Å². The van der Waals surface area contributed by atoms with Crippen LogP contribution in [0.25, 0.3) is 0 Å². The number of hydrogen-bond acceptors (Lipinski definition) is 6. The molecule has 1 saturated heterocycles. The normalized spacial score (nSPS) is 20.4. The average Bonchev–Trinajstić information content (AvgIpc) is 3.44. The summed E-state index contributed by atoms with van der Waals surface area (Å²) in [4.78, 5) is 0.127. The van der Waals surface area contributed by atoms with Crippen LogP contribution in [0.2, 0.25) is 5.02 Å². The minimum atomic E-state index is -3.59. The zero-order valence-electron chi connectivity index (χ0n) is 13.9. The maximum Gasteiger partial charge on any atom is 0.243 e. The molecule has 3 rings (SSSR count). The highest BCUT2D eigenvalue weighted by molar-refractivity contribution is 7.89. The summed E-state index contributed by atoms with van der Waals surface area (Å²) in [6, 6.07) is 4.90. The molecule has 1 aliphatic carbocycles. The zero-order valence-corrected chi connectivity index (χ0v) is 15.4. The Bertz CT molecular complexity index is 690. The molecule has 1 aromatic carbocycles. The maximum absolute atomic E-state index is 12.6. The molecule has 0 aromatic heterocycles. The number of nitrogens with zero attached hydrogens (tertiary/aromatic N) is 1. The van der Waals surface area contributed by atoms with Crippen molar-refractivity contribution in [3.63, 3.8) is 0 Å². The van der Waals surface area contributed by atoms with Gasteiger partial charge in [-0.05, 0) is 31.0 Å². The lowest BCUT2D eigenvalue weighted by Gasteiger charge is -2.26. The van der Waals surface area contributed by atoms with Crippen LogP contribution in [0.4, 0.5) is 0 Å². The van der Waals surface area contributed by atoms with Gasteiger partial charge in [0.1, 0.15) is 18.5 Å². The second kappa shape index (κ2) is 8.20. The fourth-order valence-corrected chi connectivity index (χ4v) is 4.26. The second-order valence-electron chi connectivity index (χ2n) is 6.26. The van der Waals surface area contributed by atoms with Gasteiger partial charge < -0.3 is 19.9 Å². The van der Waals surface area contributed by atoms with E-state index in [1.54, 1.807) is 0 Å². The van der Waals surface area contributed by atoms with Crippen LogP contribution in [0.5, 0.6) is 5.75 Å². The highest BCUT2D eigenvalue weighted by Crippen LogP contribution is 2.29. The van der Waals surface area contributed by atoms with E-state index in [0.29, 0.717) is 44.6 Å². The molecule has 1 saturated carbocycles. The summed E-state index contributed by atoms with van der Waals surface area (Å²) in [5.74, 6) is 0.355. The summed E-state index contributed by atoms with van der Waals surface area (Å²) < 4.78 is 37.3. The Morgan fingerprint density at radius 3 is 2.72 bits per heavy atom. The van der Waals surface area contributed by atoms with Crippen LogP contribution in [0, 0.1) is 0 Å². The van der Waals surface area contributed by atoms with Gasteiger partial charge in [-0.3, -0.25) is 0 Å². The van der Waals surface area contributed by atoms with Gasteiger partial charge in [0.05, 0.1) is 23.1 Å². The molecule has 1 atom stereocenters. The van der Waals surface area contributed by atoms with Crippen molar-refractivity contribution in [3.8, 4) is 5.75 Å². The van der Waals surface area contributed by atoms with Gasteiger partial charge in [-0.2, -0.15) is 4.31 Å². The molecule has 0 amide bonds. The van der Waals surface area contributed by atoms with Crippen molar-refractivity contribution >= 4 is 21.6 Å². The van der Waals surface area contributed by atoms with E-state index in [2.05, 4.69) is 5.32 Å². The van der Waals surface area contributed by atoms with Crippen molar-refractivity contribution in [2.75, 3.05) is 39.5 Å². The lowest BCUT2D eigenvalue weighted by molar-refractivity contribution is 0.0730. The summed E-state index contributed by atoms with van der Waals surface area (Å²) in [5, 5.41) is 13.3. The number of sulfonamides is 1. The van der Waals surface area contributed by atoms with E-state index in [1.807, 2.05) is 0 Å². The third kappa shape index (κ3) is 5.06. The topological polar surface area (TPSA) is 88.1 Å². The Hall–Kier alpha value is -0.900. The summed E-state index contributed by atoms with van der Waals surface area (Å²) in [7, 11) is -3.59. The van der Waals surface area contributed by atoms with Crippen LogP contribution < -0.4 is 10.1 Å². The Morgan fingerprint density at radius 1 is 1.36 bits per heavy atom. The van der Waals surface area contributed by atoms with Crippen molar-refractivity contribution in [1.82, 2.24) is 9.62 Å². The average molecular weight is 391 g/mol. The molecule has 2 N–H and O–H groups in total. The monoisotopic (exact) mass is 390 g/mol. The quantitative estimate of drug-likeness (QED) is 0.684. The van der Waals surface area contributed by atoms with Gasteiger partial charge in [0, 0.05) is 25.7 Å². The first-order chi connectivity index (χ1) is 12.0. The van der Waals surface area contributed by atoms with Gasteiger partial charge >= 0.3 is 0 Å². The van der Waals surface area contributed by atoms with Gasteiger partial charge in [-0.25, -0.2) is 8.42 Å². The van der Waals surface area contributed by atoms with E-state index in [-0.39, 0.29) is 16.5 Å². The molecule has 2 fully saturated rings. The Labute approximate surface area is 152 Å². The standard InChI is InChI=1S/C16H23ClN2O5S/c17-15-9-14(25(21,22)19-5-7-23-8-6-19)3-4-16(15)24-11-13(20)10-18-12-1-2-12/h3-4,9,12-13,18,20H,1-2,5-8,10-11H2. The molecule has 9 heteroatoms. The predicted molar refractivity (Wildman–Crippen MR) is 93.6 cm³/mol. The van der Waals surface area contributed by atoms with Gasteiger partial charge in [-0.15, -0.1) is 0 Å². The predicted octanol–water partition coefficient (Wildman–Crippen LogP) is 0.853. The molecule has 1 aromatic rings. The zero-order chi connectivity index (χ0) is 17.9. The first-order valence-corrected chi connectivity index (χ1v) is 10.2. The van der Waals surface area contributed by atoms with E-state index in [1.165, 1.54) is 22.5 Å². The number of halogens is 1. The lowest BCUT2D eigenvalue weighted by atomic mass is 10.3. The summed E-state index contributed by atoms with van der Waals surface area (Å²) >= 11 is 6.17. The summed E-state index contributed by atoms with van der Waals surface area (Å²) in [6.07, 6.45) is 1.66. The third-order valence-electron chi connectivity index (χ3n) is 4.16. The molecule has 0 radical (unpaired) electrons. The fourth-order valence-electron chi connectivity index (χ4n) is 2.53. The minimum absolute atomic E-state index is 0.0923. The van der Waals surface area contributed by atoms with Crippen molar-refractivity contribution < 1.29 is 23.0 Å². The number of morpholine rings is 1. The Balaban J connectivity index is 1.59. The van der Waals surface area contributed by atoms with Crippen molar-refractivity contribution in [2.24, 2.45) is 0 Å². The van der Waals surface area contributed by atoms with Gasteiger partial charge in [-0.1, -0.05) is 11.6 Å². The SMILES string of the molecule is O=S(=O)(c1ccc(OCC(O)CNC2CC2)c(Cl)c1)N1CCOCC1. The van der Waals surface area contributed by atoms with E-state index in [0.717, 1.165) is 12.8 Å². The Kier molecular flexibility index (Phi) is 6.19. The highest BCUT2D eigenvalue weighted by Gasteiger charge is 2.27. The van der Waals surface area contributed by atoms with E-state index in [4.69, 9.17) is 21.1 Å². The van der Waals surface area contributed by atoms with E-state index < -0.39 is 16.1 Å². The maximum atomic E-state index is 12.6. The molecule has 140 valence electrons.